The summed E-state index contributed by atoms with van der Waals surface area (Å²) >= 11 is 1.68. The first-order chi connectivity index (χ1) is 10.8. The summed E-state index contributed by atoms with van der Waals surface area (Å²) in [5.74, 6) is 0.0976. The van der Waals surface area contributed by atoms with E-state index in [0.717, 1.165) is 19.5 Å². The van der Waals surface area contributed by atoms with Crippen molar-refractivity contribution in [2.24, 2.45) is 5.41 Å². The first-order valence-electron chi connectivity index (χ1n) is 7.83. The van der Waals surface area contributed by atoms with Gasteiger partial charge in [0, 0.05) is 12.6 Å². The summed E-state index contributed by atoms with van der Waals surface area (Å²) in [4.78, 5) is 15.0. The quantitative estimate of drug-likeness (QED) is 0.915. The fourth-order valence-electron chi connectivity index (χ4n) is 3.68. The molecule has 1 unspecified atom stereocenters. The fraction of sp³-hybridized carbons (Fsp3) is 0.471. The lowest BCUT2D eigenvalue weighted by Crippen LogP contribution is -2.39. The third-order valence-corrected chi connectivity index (χ3v) is 5.82. The highest BCUT2D eigenvalue weighted by atomic mass is 35.5. The molecule has 1 spiro atoms. The smallest absolute Gasteiger partial charge is 0.257 e. The van der Waals surface area contributed by atoms with Gasteiger partial charge in [-0.2, -0.15) is 11.3 Å². The molecule has 1 amide bonds. The molecule has 0 aromatic carbocycles. The molecule has 23 heavy (non-hydrogen) atoms. The van der Waals surface area contributed by atoms with Crippen molar-refractivity contribution in [3.63, 3.8) is 0 Å². The maximum Gasteiger partial charge on any atom is 0.257 e. The maximum atomic E-state index is 12.9. The Labute approximate surface area is 146 Å². The minimum atomic E-state index is 0. The molecule has 4 rings (SSSR count). The van der Waals surface area contributed by atoms with E-state index in [-0.39, 0.29) is 18.3 Å². The van der Waals surface area contributed by atoms with Crippen LogP contribution in [-0.4, -0.2) is 29.9 Å². The van der Waals surface area contributed by atoms with Crippen LogP contribution in [0.2, 0.25) is 0 Å². The SMILES string of the molecule is Cl.O=C(c1ccoc1)N(Cc1ccsc1)C1CC12CCNCC2. The van der Waals surface area contributed by atoms with Crippen LogP contribution in [0.25, 0.3) is 0 Å². The van der Waals surface area contributed by atoms with E-state index in [1.165, 1.54) is 18.4 Å². The maximum absolute atomic E-state index is 12.9. The first-order valence-corrected chi connectivity index (χ1v) is 8.78. The molecule has 6 heteroatoms. The fourth-order valence-corrected chi connectivity index (χ4v) is 4.34. The lowest BCUT2D eigenvalue weighted by Gasteiger charge is -2.29. The van der Waals surface area contributed by atoms with Crippen LogP contribution in [-0.2, 0) is 6.54 Å². The molecule has 3 heterocycles. The van der Waals surface area contributed by atoms with Gasteiger partial charge < -0.3 is 14.6 Å². The van der Waals surface area contributed by atoms with Crippen molar-refractivity contribution in [3.05, 3.63) is 46.5 Å². The standard InChI is InChI=1S/C17H20N2O2S.ClH/c20-16(14-1-7-21-11-14)19(10-13-2-8-22-12-13)15-9-17(15)3-5-18-6-4-17;/h1-2,7-8,11-12,15,18H,3-6,9-10H2;1H. The Bertz CT molecular complexity index is 636. The molecule has 0 radical (unpaired) electrons. The van der Waals surface area contributed by atoms with E-state index < -0.39 is 0 Å². The Morgan fingerprint density at radius 1 is 1.39 bits per heavy atom. The molecular formula is C17H21ClN2O2S. The third-order valence-electron chi connectivity index (χ3n) is 5.08. The number of carbonyl (C=O) groups is 1. The zero-order valence-electron chi connectivity index (χ0n) is 12.9. The zero-order valence-corrected chi connectivity index (χ0v) is 14.5. The van der Waals surface area contributed by atoms with E-state index in [1.54, 1.807) is 29.9 Å². The Morgan fingerprint density at radius 3 is 2.87 bits per heavy atom. The van der Waals surface area contributed by atoms with E-state index in [1.807, 2.05) is 0 Å². The van der Waals surface area contributed by atoms with Crippen molar-refractivity contribution >= 4 is 29.7 Å². The van der Waals surface area contributed by atoms with Crippen molar-refractivity contribution in [2.45, 2.75) is 31.8 Å². The second-order valence-electron chi connectivity index (χ2n) is 6.41. The van der Waals surface area contributed by atoms with Gasteiger partial charge in [0.2, 0.25) is 0 Å². The van der Waals surface area contributed by atoms with E-state index in [2.05, 4.69) is 27.0 Å². The number of amides is 1. The van der Waals surface area contributed by atoms with Gasteiger partial charge in [-0.05, 0) is 66.2 Å². The minimum Gasteiger partial charge on any atom is -0.472 e. The summed E-state index contributed by atoms with van der Waals surface area (Å²) in [5.41, 5.74) is 2.23. The molecule has 4 nitrogen and oxygen atoms in total. The summed E-state index contributed by atoms with van der Waals surface area (Å²) < 4.78 is 5.10. The second-order valence-corrected chi connectivity index (χ2v) is 7.19. The average Bonchev–Trinajstić information content (AvgIpc) is 3.02. The van der Waals surface area contributed by atoms with E-state index >= 15 is 0 Å². The summed E-state index contributed by atoms with van der Waals surface area (Å²) in [6.45, 7) is 2.85. The number of thiophene rings is 1. The number of hydrogen-bond acceptors (Lipinski definition) is 4. The van der Waals surface area contributed by atoms with Gasteiger partial charge in [-0.1, -0.05) is 0 Å². The zero-order chi connectivity index (χ0) is 15.0. The van der Waals surface area contributed by atoms with Crippen molar-refractivity contribution in [2.75, 3.05) is 13.1 Å². The molecule has 2 aromatic rings. The number of rotatable bonds is 4. The highest BCUT2D eigenvalue weighted by Crippen LogP contribution is 2.56. The van der Waals surface area contributed by atoms with Crippen molar-refractivity contribution in [1.29, 1.82) is 0 Å². The largest absolute Gasteiger partial charge is 0.472 e. The minimum absolute atomic E-state index is 0. The highest BCUT2D eigenvalue weighted by Gasteiger charge is 2.57. The number of nitrogens with zero attached hydrogens (tertiary/aromatic N) is 1. The van der Waals surface area contributed by atoms with Crippen molar-refractivity contribution < 1.29 is 9.21 Å². The van der Waals surface area contributed by atoms with Crippen LogP contribution in [0.4, 0.5) is 0 Å². The Balaban J connectivity index is 0.00000156. The van der Waals surface area contributed by atoms with Crippen LogP contribution < -0.4 is 5.32 Å². The van der Waals surface area contributed by atoms with E-state index in [9.17, 15) is 4.79 Å². The van der Waals surface area contributed by atoms with Gasteiger partial charge in [0.25, 0.3) is 5.91 Å². The molecule has 0 bridgehead atoms. The van der Waals surface area contributed by atoms with Crippen LogP contribution in [0, 0.1) is 5.41 Å². The molecule has 2 aromatic heterocycles. The first kappa shape index (κ1) is 16.6. The summed E-state index contributed by atoms with van der Waals surface area (Å²) in [6.07, 6.45) is 6.62. The van der Waals surface area contributed by atoms with E-state index in [4.69, 9.17) is 4.42 Å². The normalized spacial score (nSPS) is 21.7. The average molecular weight is 353 g/mol. The van der Waals surface area contributed by atoms with Crippen molar-refractivity contribution in [1.82, 2.24) is 10.2 Å². The van der Waals surface area contributed by atoms with E-state index in [0.29, 0.717) is 23.6 Å². The van der Waals surface area contributed by atoms with Gasteiger partial charge in [-0.3, -0.25) is 4.79 Å². The lowest BCUT2D eigenvalue weighted by atomic mass is 9.93. The van der Waals surface area contributed by atoms with Crippen molar-refractivity contribution in [3.8, 4) is 0 Å². The van der Waals surface area contributed by atoms with Gasteiger partial charge in [-0.25, -0.2) is 0 Å². The van der Waals surface area contributed by atoms with Crippen LogP contribution in [0.5, 0.6) is 0 Å². The summed E-state index contributed by atoms with van der Waals surface area (Å²) in [6, 6.07) is 4.25. The Kier molecular flexibility index (Phi) is 4.80. The molecule has 1 aliphatic heterocycles. The number of hydrogen-bond donors (Lipinski definition) is 1. The monoisotopic (exact) mass is 352 g/mol. The van der Waals surface area contributed by atoms with Crippen LogP contribution in [0.1, 0.15) is 35.2 Å². The molecule has 2 aliphatic rings. The molecule has 1 aliphatic carbocycles. The predicted octanol–water partition coefficient (Wildman–Crippen LogP) is 3.55. The Hall–Kier alpha value is -1.30. The van der Waals surface area contributed by atoms with Crippen LogP contribution in [0.3, 0.4) is 0 Å². The van der Waals surface area contributed by atoms with Gasteiger partial charge >= 0.3 is 0 Å². The molecule has 1 saturated carbocycles. The lowest BCUT2D eigenvalue weighted by molar-refractivity contribution is 0.0691. The molecule has 1 N–H and O–H groups in total. The van der Waals surface area contributed by atoms with Crippen LogP contribution >= 0.6 is 23.7 Å². The molecule has 1 atom stereocenters. The third kappa shape index (κ3) is 3.18. The molecular weight excluding hydrogens is 332 g/mol. The van der Waals surface area contributed by atoms with Gasteiger partial charge in [0.15, 0.2) is 0 Å². The predicted molar refractivity (Wildman–Crippen MR) is 93.1 cm³/mol. The number of furan rings is 1. The summed E-state index contributed by atoms with van der Waals surface area (Å²) in [7, 11) is 0. The number of carbonyl (C=O) groups excluding carboxylic acids is 1. The van der Waals surface area contributed by atoms with Gasteiger partial charge in [0.05, 0.1) is 11.8 Å². The van der Waals surface area contributed by atoms with Gasteiger partial charge in [0.1, 0.15) is 6.26 Å². The highest BCUT2D eigenvalue weighted by molar-refractivity contribution is 7.07. The number of piperidine rings is 1. The number of halogens is 1. The number of nitrogens with one attached hydrogen (secondary N) is 1. The van der Waals surface area contributed by atoms with Gasteiger partial charge in [-0.15, -0.1) is 12.4 Å². The molecule has 2 fully saturated rings. The Morgan fingerprint density at radius 2 is 2.22 bits per heavy atom. The molecule has 124 valence electrons. The topological polar surface area (TPSA) is 45.5 Å². The van der Waals surface area contributed by atoms with Crippen LogP contribution in [0.15, 0.2) is 39.8 Å². The summed E-state index contributed by atoms with van der Waals surface area (Å²) in [5, 5.41) is 7.63. The second kappa shape index (κ2) is 6.67. The molecule has 1 saturated heterocycles.